The highest BCUT2D eigenvalue weighted by Crippen LogP contribution is 2.37. The monoisotopic (exact) mass is 342 g/mol. The molecule has 104 valence electrons. The van der Waals surface area contributed by atoms with Gasteiger partial charge in [0, 0.05) is 0 Å². The summed E-state index contributed by atoms with van der Waals surface area (Å²) >= 11 is -0.581. The van der Waals surface area contributed by atoms with Crippen molar-refractivity contribution < 1.29 is 43.3 Å². The van der Waals surface area contributed by atoms with Crippen molar-refractivity contribution in [1.82, 2.24) is 0 Å². The van der Waals surface area contributed by atoms with Crippen LogP contribution in [0.2, 0.25) is 0 Å². The molecule has 0 saturated carbocycles. The van der Waals surface area contributed by atoms with E-state index in [0.29, 0.717) is 0 Å². The number of rotatable bonds is 3. The van der Waals surface area contributed by atoms with E-state index in [-0.39, 0.29) is 0 Å². The Hall–Kier alpha value is -0.640. The van der Waals surface area contributed by atoms with Crippen molar-refractivity contribution >= 4 is 41.7 Å². The minimum atomic E-state index is -5.52. The van der Waals surface area contributed by atoms with E-state index in [1.165, 1.54) is 0 Å². The Morgan fingerprint density at radius 3 is 1.44 bits per heavy atom. The molecule has 0 aliphatic carbocycles. The van der Waals surface area contributed by atoms with Crippen LogP contribution in [0.3, 0.4) is 0 Å². The van der Waals surface area contributed by atoms with Crippen molar-refractivity contribution in [2.24, 2.45) is 0 Å². The molecular formula is C4H3FO9S4. The molecule has 0 spiro atoms. The summed E-state index contributed by atoms with van der Waals surface area (Å²) in [7, 11) is -16.3. The van der Waals surface area contributed by atoms with Crippen LogP contribution in [0, 0.1) is 5.13 Å². The van der Waals surface area contributed by atoms with Gasteiger partial charge in [-0.1, -0.05) is 11.3 Å². The van der Waals surface area contributed by atoms with Gasteiger partial charge in [0.1, 0.15) is 0 Å². The molecule has 0 amide bonds. The number of hydrogen-bond acceptors (Lipinski definition) is 7. The number of halogens is 1. The second-order valence-corrected chi connectivity index (χ2v) is 8.05. The average molecular weight is 342 g/mol. The Morgan fingerprint density at radius 1 is 0.778 bits per heavy atom. The van der Waals surface area contributed by atoms with Crippen LogP contribution >= 0.6 is 11.3 Å². The fraction of sp³-hybridized carbons (Fsp3) is 0. The SMILES string of the molecule is O=S(=O)(O)c1sc(F)c(S(=O)(=O)O)c1S(=O)(=O)O. The predicted molar refractivity (Wildman–Crippen MR) is 53.7 cm³/mol. The van der Waals surface area contributed by atoms with E-state index in [9.17, 15) is 29.6 Å². The summed E-state index contributed by atoms with van der Waals surface area (Å²) < 4.78 is 102. The second-order valence-electron chi connectivity index (χ2n) is 2.75. The molecule has 1 heterocycles. The maximum absolute atomic E-state index is 13.2. The molecule has 0 unspecified atom stereocenters. The Balaban J connectivity index is 4.07. The van der Waals surface area contributed by atoms with Crippen LogP contribution in [0.5, 0.6) is 0 Å². The molecule has 0 bridgehead atoms. The van der Waals surface area contributed by atoms with Crippen molar-refractivity contribution in [3.05, 3.63) is 5.13 Å². The molecule has 0 aliphatic heterocycles. The third kappa shape index (κ3) is 2.85. The minimum Gasteiger partial charge on any atom is -0.282 e. The molecule has 0 aromatic carbocycles. The van der Waals surface area contributed by atoms with Gasteiger partial charge in [0.25, 0.3) is 20.2 Å². The van der Waals surface area contributed by atoms with Crippen LogP contribution in [-0.4, -0.2) is 38.9 Å². The quantitative estimate of drug-likeness (QED) is 0.621. The Labute approximate surface area is 104 Å². The zero-order valence-corrected chi connectivity index (χ0v) is 11.1. The Bertz CT molecular complexity index is 795. The molecule has 0 saturated heterocycles. The summed E-state index contributed by atoms with van der Waals surface area (Å²) in [6.07, 6.45) is 0. The van der Waals surface area contributed by atoms with E-state index >= 15 is 0 Å². The van der Waals surface area contributed by atoms with Crippen molar-refractivity contribution in [3.63, 3.8) is 0 Å². The highest BCUT2D eigenvalue weighted by atomic mass is 32.3. The van der Waals surface area contributed by atoms with Gasteiger partial charge in [0.05, 0.1) is 0 Å². The lowest BCUT2D eigenvalue weighted by atomic mass is 10.6. The van der Waals surface area contributed by atoms with Gasteiger partial charge in [-0.05, 0) is 0 Å². The van der Waals surface area contributed by atoms with Crippen molar-refractivity contribution in [2.75, 3.05) is 0 Å². The van der Waals surface area contributed by atoms with E-state index in [1.54, 1.807) is 0 Å². The normalized spacial score (nSPS) is 13.8. The number of thiophene rings is 1. The minimum absolute atomic E-state index is 0.581. The van der Waals surface area contributed by atoms with E-state index in [1.807, 2.05) is 0 Å². The molecule has 14 heteroatoms. The summed E-state index contributed by atoms with van der Waals surface area (Å²) in [6.45, 7) is 0. The van der Waals surface area contributed by atoms with E-state index in [0.717, 1.165) is 0 Å². The van der Waals surface area contributed by atoms with Gasteiger partial charge in [-0.2, -0.15) is 29.6 Å². The molecule has 0 aliphatic rings. The van der Waals surface area contributed by atoms with Crippen molar-refractivity contribution in [1.29, 1.82) is 0 Å². The Kier molecular flexibility index (Phi) is 3.59. The summed E-state index contributed by atoms with van der Waals surface area (Å²) in [6, 6.07) is 0. The lowest BCUT2D eigenvalue weighted by Gasteiger charge is -1.99. The lowest BCUT2D eigenvalue weighted by molar-refractivity contribution is 0.454. The third-order valence-corrected chi connectivity index (χ3v) is 6.17. The second kappa shape index (κ2) is 4.19. The van der Waals surface area contributed by atoms with Crippen LogP contribution in [-0.2, 0) is 30.4 Å². The molecule has 1 rings (SSSR count). The zero-order valence-electron chi connectivity index (χ0n) is 7.80. The first-order valence-corrected chi connectivity index (χ1v) is 8.64. The molecule has 0 fully saturated rings. The maximum Gasteiger partial charge on any atom is 0.305 e. The summed E-state index contributed by atoms with van der Waals surface area (Å²) in [5.41, 5.74) is 0. The zero-order chi connectivity index (χ0) is 14.5. The first-order chi connectivity index (χ1) is 7.76. The first kappa shape index (κ1) is 15.4. The molecular weight excluding hydrogens is 339 g/mol. The topological polar surface area (TPSA) is 163 Å². The smallest absolute Gasteiger partial charge is 0.282 e. The van der Waals surface area contributed by atoms with Gasteiger partial charge in [-0.25, -0.2) is 0 Å². The molecule has 18 heavy (non-hydrogen) atoms. The van der Waals surface area contributed by atoms with Crippen molar-refractivity contribution in [2.45, 2.75) is 14.0 Å². The van der Waals surface area contributed by atoms with Gasteiger partial charge >= 0.3 is 10.1 Å². The fourth-order valence-corrected chi connectivity index (χ4v) is 5.91. The molecule has 1 aromatic heterocycles. The summed E-state index contributed by atoms with van der Waals surface area (Å²) in [5.74, 6) is 0. The number of hydrogen-bond donors (Lipinski definition) is 3. The largest absolute Gasteiger partial charge is 0.305 e. The molecule has 9 nitrogen and oxygen atoms in total. The molecule has 3 N–H and O–H groups in total. The lowest BCUT2D eigenvalue weighted by Crippen LogP contribution is -2.10. The standard InChI is InChI=1S/C4H3FO9S4/c5-3-1(16(6,7)8)2(17(9,10)11)4(15-3)18(12,13)14/h(H,6,7,8)(H,9,10,11)(H,12,13,14). The summed E-state index contributed by atoms with van der Waals surface area (Å²) in [4.78, 5) is -3.88. The van der Waals surface area contributed by atoms with Crippen LogP contribution in [0.1, 0.15) is 0 Å². The van der Waals surface area contributed by atoms with E-state index in [4.69, 9.17) is 13.7 Å². The molecule has 1 aromatic rings. The first-order valence-electron chi connectivity index (χ1n) is 3.51. The van der Waals surface area contributed by atoms with Gasteiger partial charge in [-0.3, -0.25) is 13.7 Å². The van der Waals surface area contributed by atoms with Gasteiger partial charge < -0.3 is 0 Å². The van der Waals surface area contributed by atoms with Crippen LogP contribution in [0.25, 0.3) is 0 Å². The average Bonchev–Trinajstić information content (AvgIpc) is 2.39. The molecule has 0 atom stereocenters. The highest BCUT2D eigenvalue weighted by molar-refractivity contribution is 7.92. The van der Waals surface area contributed by atoms with Crippen LogP contribution in [0.15, 0.2) is 14.0 Å². The van der Waals surface area contributed by atoms with Gasteiger partial charge in [0.2, 0.25) is 0 Å². The fourth-order valence-electron chi connectivity index (χ4n) is 0.967. The predicted octanol–water partition coefficient (Wildman–Crippen LogP) is -0.373. The van der Waals surface area contributed by atoms with Gasteiger partial charge in [-0.15, -0.1) is 0 Å². The molecule has 0 radical (unpaired) electrons. The highest BCUT2D eigenvalue weighted by Gasteiger charge is 2.38. The van der Waals surface area contributed by atoms with Gasteiger partial charge in [0.15, 0.2) is 19.1 Å². The van der Waals surface area contributed by atoms with E-state index < -0.39 is 60.8 Å². The van der Waals surface area contributed by atoms with E-state index in [2.05, 4.69) is 0 Å². The van der Waals surface area contributed by atoms with Crippen LogP contribution < -0.4 is 0 Å². The third-order valence-electron chi connectivity index (χ3n) is 1.50. The summed E-state index contributed by atoms with van der Waals surface area (Å²) in [5, 5.41) is -1.92. The van der Waals surface area contributed by atoms with Crippen molar-refractivity contribution in [3.8, 4) is 0 Å². The van der Waals surface area contributed by atoms with Crippen LogP contribution in [0.4, 0.5) is 4.39 Å². The Morgan fingerprint density at radius 2 is 1.17 bits per heavy atom. The maximum atomic E-state index is 13.2.